The lowest BCUT2D eigenvalue weighted by Crippen LogP contribution is -2.11. The van der Waals surface area contributed by atoms with Gasteiger partial charge in [-0.25, -0.2) is 15.2 Å². The highest BCUT2D eigenvalue weighted by atomic mass is 79.9. The van der Waals surface area contributed by atoms with E-state index in [1.54, 1.807) is 6.07 Å². The standard InChI is InChI=1S/C12H12BrFN4O2/c1-19-6-11-16-10(18-15)5-12(17-11)20-9-4-7(13)2-3-8(9)14/h2-5H,6,15H2,1H3,(H,16,17,18). The molecular formula is C12H12BrFN4O2. The van der Waals surface area contributed by atoms with Gasteiger partial charge in [0.2, 0.25) is 5.88 Å². The molecule has 0 amide bonds. The average Bonchev–Trinajstić information content (AvgIpc) is 2.43. The van der Waals surface area contributed by atoms with Gasteiger partial charge < -0.3 is 14.9 Å². The molecule has 0 saturated carbocycles. The lowest BCUT2D eigenvalue weighted by atomic mass is 10.3. The van der Waals surface area contributed by atoms with Crippen molar-refractivity contribution >= 4 is 21.7 Å². The zero-order chi connectivity index (χ0) is 14.5. The van der Waals surface area contributed by atoms with Crippen LogP contribution in [0, 0.1) is 5.82 Å². The number of methoxy groups -OCH3 is 1. The minimum Gasteiger partial charge on any atom is -0.436 e. The van der Waals surface area contributed by atoms with Gasteiger partial charge in [0, 0.05) is 17.6 Å². The topological polar surface area (TPSA) is 82.3 Å². The van der Waals surface area contributed by atoms with E-state index < -0.39 is 5.82 Å². The van der Waals surface area contributed by atoms with E-state index in [4.69, 9.17) is 15.3 Å². The molecular weight excluding hydrogens is 331 g/mol. The Morgan fingerprint density at radius 2 is 2.15 bits per heavy atom. The van der Waals surface area contributed by atoms with Crippen molar-refractivity contribution in [1.29, 1.82) is 0 Å². The molecule has 0 atom stereocenters. The molecule has 3 N–H and O–H groups in total. The normalized spacial score (nSPS) is 10.4. The fraction of sp³-hybridized carbons (Fsp3) is 0.167. The molecule has 2 aromatic rings. The maximum absolute atomic E-state index is 13.6. The van der Waals surface area contributed by atoms with Crippen molar-refractivity contribution in [3.05, 3.63) is 40.4 Å². The van der Waals surface area contributed by atoms with Gasteiger partial charge in [-0.1, -0.05) is 15.9 Å². The van der Waals surface area contributed by atoms with Crippen LogP contribution in [0.2, 0.25) is 0 Å². The van der Waals surface area contributed by atoms with Crippen molar-refractivity contribution < 1.29 is 13.9 Å². The second-order valence-electron chi connectivity index (χ2n) is 3.76. The van der Waals surface area contributed by atoms with Crippen molar-refractivity contribution in [2.75, 3.05) is 12.5 Å². The number of rotatable bonds is 5. The molecule has 0 aliphatic rings. The number of nitrogens with two attached hydrogens (primary N) is 1. The summed E-state index contributed by atoms with van der Waals surface area (Å²) in [6.45, 7) is 0.187. The summed E-state index contributed by atoms with van der Waals surface area (Å²) in [4.78, 5) is 8.17. The summed E-state index contributed by atoms with van der Waals surface area (Å²) in [5.74, 6) is 5.74. The summed E-state index contributed by atoms with van der Waals surface area (Å²) in [6, 6.07) is 5.83. The number of nitrogen functional groups attached to an aromatic ring is 1. The molecule has 1 aromatic carbocycles. The van der Waals surface area contributed by atoms with Crippen LogP contribution in [0.15, 0.2) is 28.7 Å². The Balaban J connectivity index is 2.32. The van der Waals surface area contributed by atoms with Gasteiger partial charge in [-0.05, 0) is 18.2 Å². The zero-order valence-electron chi connectivity index (χ0n) is 10.6. The number of benzene rings is 1. The van der Waals surface area contributed by atoms with Crippen LogP contribution < -0.4 is 16.0 Å². The van der Waals surface area contributed by atoms with Crippen LogP contribution >= 0.6 is 15.9 Å². The highest BCUT2D eigenvalue weighted by Crippen LogP contribution is 2.27. The largest absolute Gasteiger partial charge is 0.436 e. The molecule has 0 aliphatic heterocycles. The Kier molecular flexibility index (Phi) is 4.83. The second-order valence-corrected chi connectivity index (χ2v) is 4.68. The second kappa shape index (κ2) is 6.60. The fourth-order valence-corrected chi connectivity index (χ4v) is 1.80. The Morgan fingerprint density at radius 1 is 1.35 bits per heavy atom. The molecule has 6 nitrogen and oxygen atoms in total. The van der Waals surface area contributed by atoms with E-state index in [2.05, 4.69) is 31.3 Å². The van der Waals surface area contributed by atoms with Crippen molar-refractivity contribution in [3.63, 3.8) is 0 Å². The summed E-state index contributed by atoms with van der Waals surface area (Å²) >= 11 is 3.25. The number of hydrazine groups is 1. The van der Waals surface area contributed by atoms with Crippen LogP contribution in [0.1, 0.15) is 5.82 Å². The monoisotopic (exact) mass is 342 g/mol. The first-order valence-electron chi connectivity index (χ1n) is 5.59. The number of nitrogens with one attached hydrogen (secondary N) is 1. The minimum absolute atomic E-state index is 0.0458. The maximum atomic E-state index is 13.6. The number of halogens is 2. The number of anilines is 1. The van der Waals surface area contributed by atoms with E-state index in [-0.39, 0.29) is 18.2 Å². The van der Waals surface area contributed by atoms with E-state index in [0.29, 0.717) is 16.1 Å². The van der Waals surface area contributed by atoms with Crippen molar-refractivity contribution in [2.24, 2.45) is 5.84 Å². The SMILES string of the molecule is COCc1nc(NN)cc(Oc2cc(Br)ccc2F)n1. The van der Waals surface area contributed by atoms with Gasteiger partial charge in [-0.3, -0.25) is 0 Å². The van der Waals surface area contributed by atoms with Crippen LogP contribution in [0.4, 0.5) is 10.2 Å². The van der Waals surface area contributed by atoms with Crippen molar-refractivity contribution in [2.45, 2.75) is 6.61 Å². The number of hydrogen-bond acceptors (Lipinski definition) is 6. The molecule has 8 heteroatoms. The van der Waals surface area contributed by atoms with Gasteiger partial charge in [0.25, 0.3) is 0 Å². The summed E-state index contributed by atoms with van der Waals surface area (Å²) in [6.07, 6.45) is 0. The lowest BCUT2D eigenvalue weighted by molar-refractivity contribution is 0.177. The van der Waals surface area contributed by atoms with Crippen molar-refractivity contribution in [1.82, 2.24) is 9.97 Å². The fourth-order valence-electron chi connectivity index (χ4n) is 1.46. The molecule has 0 spiro atoms. The first-order valence-corrected chi connectivity index (χ1v) is 6.38. The van der Waals surface area contributed by atoms with Gasteiger partial charge in [0.1, 0.15) is 12.4 Å². The molecule has 0 bridgehead atoms. The van der Waals surface area contributed by atoms with Crippen molar-refractivity contribution in [3.8, 4) is 11.6 Å². The van der Waals surface area contributed by atoms with Crippen LogP contribution in [0.25, 0.3) is 0 Å². The first kappa shape index (κ1) is 14.6. The molecule has 0 aliphatic carbocycles. The van der Waals surface area contributed by atoms with E-state index in [9.17, 15) is 4.39 Å². The third-order valence-electron chi connectivity index (χ3n) is 2.28. The molecule has 0 saturated heterocycles. The Labute approximate surface area is 123 Å². The zero-order valence-corrected chi connectivity index (χ0v) is 12.1. The van der Waals surface area contributed by atoms with Gasteiger partial charge in [0.15, 0.2) is 17.4 Å². The average molecular weight is 343 g/mol. The predicted octanol–water partition coefficient (Wildman–Crippen LogP) is 2.60. The molecule has 0 radical (unpaired) electrons. The third-order valence-corrected chi connectivity index (χ3v) is 2.77. The molecule has 0 unspecified atom stereocenters. The van der Waals surface area contributed by atoms with Crippen LogP contribution in [0.5, 0.6) is 11.6 Å². The Bertz CT molecular complexity index is 612. The number of hydrogen-bond donors (Lipinski definition) is 2. The highest BCUT2D eigenvalue weighted by molar-refractivity contribution is 9.10. The molecule has 0 fully saturated rings. The summed E-state index contributed by atoms with van der Waals surface area (Å²) in [5, 5.41) is 0. The summed E-state index contributed by atoms with van der Waals surface area (Å²) in [7, 11) is 1.51. The molecule has 20 heavy (non-hydrogen) atoms. The van der Waals surface area contributed by atoms with Gasteiger partial charge >= 0.3 is 0 Å². The lowest BCUT2D eigenvalue weighted by Gasteiger charge is -2.09. The predicted molar refractivity (Wildman–Crippen MR) is 74.7 cm³/mol. The minimum atomic E-state index is -0.498. The quantitative estimate of drug-likeness (QED) is 0.642. The van der Waals surface area contributed by atoms with E-state index in [1.807, 2.05) is 0 Å². The van der Waals surface area contributed by atoms with E-state index in [1.165, 1.54) is 25.3 Å². The molecule has 106 valence electrons. The number of ether oxygens (including phenoxy) is 2. The maximum Gasteiger partial charge on any atom is 0.224 e. The number of aromatic nitrogens is 2. The smallest absolute Gasteiger partial charge is 0.224 e. The molecule has 1 heterocycles. The summed E-state index contributed by atoms with van der Waals surface area (Å²) < 4.78 is 24.7. The molecule has 2 rings (SSSR count). The summed E-state index contributed by atoms with van der Waals surface area (Å²) in [5.41, 5.74) is 2.39. The molecule has 1 aromatic heterocycles. The third kappa shape index (κ3) is 3.62. The van der Waals surface area contributed by atoms with Gasteiger partial charge in [-0.15, -0.1) is 0 Å². The Morgan fingerprint density at radius 3 is 2.85 bits per heavy atom. The van der Waals surface area contributed by atoms with Crippen LogP contribution in [-0.4, -0.2) is 17.1 Å². The van der Waals surface area contributed by atoms with Crippen LogP contribution in [0.3, 0.4) is 0 Å². The van der Waals surface area contributed by atoms with E-state index >= 15 is 0 Å². The highest BCUT2D eigenvalue weighted by Gasteiger charge is 2.09. The number of nitrogens with zero attached hydrogens (tertiary/aromatic N) is 2. The first-order chi connectivity index (χ1) is 9.62. The van der Waals surface area contributed by atoms with Gasteiger partial charge in [0.05, 0.1) is 0 Å². The van der Waals surface area contributed by atoms with E-state index in [0.717, 1.165) is 0 Å². The van der Waals surface area contributed by atoms with Crippen LogP contribution in [-0.2, 0) is 11.3 Å². The Hall–Kier alpha value is -1.77. The van der Waals surface area contributed by atoms with Gasteiger partial charge in [-0.2, -0.15) is 4.98 Å².